The molecule has 8 heteroatoms. The topological polar surface area (TPSA) is 89.6 Å². The number of nitrogens with two attached hydrogens (primary N) is 1. The van der Waals surface area contributed by atoms with Gasteiger partial charge in [-0.25, -0.2) is 0 Å². The molecule has 0 amide bonds. The molecule has 0 radical (unpaired) electrons. The van der Waals surface area contributed by atoms with E-state index in [1.54, 1.807) is 0 Å². The molecule has 0 bridgehead atoms. The summed E-state index contributed by atoms with van der Waals surface area (Å²) in [6.45, 7) is -0.419. The summed E-state index contributed by atoms with van der Waals surface area (Å²) >= 11 is 16.0. The van der Waals surface area contributed by atoms with Crippen molar-refractivity contribution in [1.82, 2.24) is 0 Å². The van der Waals surface area contributed by atoms with Crippen molar-refractivity contribution in [3.63, 3.8) is 0 Å². The van der Waals surface area contributed by atoms with E-state index in [4.69, 9.17) is 45.6 Å². The summed E-state index contributed by atoms with van der Waals surface area (Å²) in [5.74, 6) is -1.83. The predicted octanol–water partition coefficient (Wildman–Crippen LogP) is 1.09. The van der Waals surface area contributed by atoms with Crippen molar-refractivity contribution in [2.75, 3.05) is 6.61 Å². The molecule has 15 heavy (non-hydrogen) atoms. The molecule has 3 N–H and O–H groups in total. The average molecular weight is 279 g/mol. The lowest BCUT2D eigenvalue weighted by molar-refractivity contribution is -0.145. The molecule has 0 aliphatic heterocycles. The molecule has 0 spiro atoms. The molecule has 0 heterocycles. The molecule has 0 aromatic heterocycles. The van der Waals surface area contributed by atoms with E-state index >= 15 is 0 Å². The van der Waals surface area contributed by atoms with Crippen LogP contribution in [0.3, 0.4) is 0 Å². The smallest absolute Gasteiger partial charge is 0.323 e. The van der Waals surface area contributed by atoms with Gasteiger partial charge < -0.3 is 15.6 Å². The SMILES string of the molecule is NC(CCC(=O)O)C(=O)OCC(Cl)(Cl)Cl. The van der Waals surface area contributed by atoms with Gasteiger partial charge in [-0.3, -0.25) is 9.59 Å². The number of hydrogen-bond donors (Lipinski definition) is 2. The number of carbonyl (C=O) groups is 2. The molecule has 0 rings (SSSR count). The first-order chi connectivity index (χ1) is 6.72. The maximum absolute atomic E-state index is 11.1. The molecule has 0 saturated heterocycles. The first-order valence-corrected chi connectivity index (χ1v) is 5.06. The highest BCUT2D eigenvalue weighted by molar-refractivity contribution is 6.67. The fourth-order valence-electron chi connectivity index (χ4n) is 0.657. The molecule has 0 aromatic rings. The minimum absolute atomic E-state index is 0.0198. The zero-order valence-corrected chi connectivity index (χ0v) is 9.85. The number of carboxylic acids is 1. The number of rotatable bonds is 5. The predicted molar refractivity (Wildman–Crippen MR) is 56.1 cm³/mol. The number of carbonyl (C=O) groups excluding carboxylic acids is 1. The van der Waals surface area contributed by atoms with E-state index in [1.165, 1.54) is 0 Å². The molecule has 0 aliphatic rings. The summed E-state index contributed by atoms with van der Waals surface area (Å²) < 4.78 is 2.86. The molecular weight excluding hydrogens is 268 g/mol. The Balaban J connectivity index is 3.84. The first kappa shape index (κ1) is 14.8. The third-order valence-electron chi connectivity index (χ3n) is 1.35. The van der Waals surface area contributed by atoms with Crippen LogP contribution in [0.25, 0.3) is 0 Å². The highest BCUT2D eigenvalue weighted by Crippen LogP contribution is 2.26. The molecule has 88 valence electrons. The Morgan fingerprint density at radius 1 is 1.40 bits per heavy atom. The van der Waals surface area contributed by atoms with Crippen LogP contribution in [0.4, 0.5) is 0 Å². The van der Waals surface area contributed by atoms with E-state index in [1.807, 2.05) is 0 Å². The number of halogens is 3. The van der Waals surface area contributed by atoms with Crippen LogP contribution >= 0.6 is 34.8 Å². The van der Waals surface area contributed by atoms with Crippen molar-refractivity contribution in [3.8, 4) is 0 Å². The van der Waals surface area contributed by atoms with Gasteiger partial charge >= 0.3 is 11.9 Å². The van der Waals surface area contributed by atoms with Crippen LogP contribution < -0.4 is 5.73 Å². The van der Waals surface area contributed by atoms with E-state index in [2.05, 4.69) is 4.74 Å². The minimum atomic E-state index is -1.69. The molecule has 0 aliphatic carbocycles. The number of carboxylic acid groups (broad SMARTS) is 1. The summed E-state index contributed by atoms with van der Waals surface area (Å²) in [6, 6.07) is -1.02. The van der Waals surface area contributed by atoms with E-state index in [9.17, 15) is 9.59 Å². The summed E-state index contributed by atoms with van der Waals surface area (Å²) in [7, 11) is 0. The molecule has 5 nitrogen and oxygen atoms in total. The zero-order valence-electron chi connectivity index (χ0n) is 7.58. The Labute approximate surface area is 101 Å². The second-order valence-corrected chi connectivity index (χ2v) is 5.28. The van der Waals surface area contributed by atoms with Gasteiger partial charge in [0.2, 0.25) is 3.79 Å². The molecule has 1 atom stereocenters. The molecular formula is C7H10Cl3NO4. The van der Waals surface area contributed by atoms with Crippen LogP contribution in [0.1, 0.15) is 12.8 Å². The lowest BCUT2D eigenvalue weighted by Crippen LogP contribution is -2.34. The molecule has 0 fully saturated rings. The fraction of sp³-hybridized carbons (Fsp3) is 0.714. The zero-order chi connectivity index (χ0) is 12.1. The van der Waals surface area contributed by atoms with E-state index in [0.29, 0.717) is 0 Å². The number of alkyl halides is 3. The lowest BCUT2D eigenvalue weighted by atomic mass is 10.2. The highest BCUT2D eigenvalue weighted by atomic mass is 35.6. The number of ether oxygens (including phenoxy) is 1. The van der Waals surface area contributed by atoms with Gasteiger partial charge in [0, 0.05) is 6.42 Å². The van der Waals surface area contributed by atoms with Crippen molar-refractivity contribution in [1.29, 1.82) is 0 Å². The van der Waals surface area contributed by atoms with Crippen molar-refractivity contribution < 1.29 is 19.4 Å². The lowest BCUT2D eigenvalue weighted by Gasteiger charge is -2.14. The number of esters is 1. The number of hydrogen-bond acceptors (Lipinski definition) is 4. The van der Waals surface area contributed by atoms with Gasteiger partial charge in [-0.15, -0.1) is 0 Å². The van der Waals surface area contributed by atoms with Gasteiger partial charge in [-0.1, -0.05) is 34.8 Å². The second kappa shape index (κ2) is 6.37. The second-order valence-electron chi connectivity index (χ2n) is 2.76. The molecule has 0 saturated carbocycles. The Morgan fingerprint density at radius 2 is 1.93 bits per heavy atom. The third kappa shape index (κ3) is 8.74. The first-order valence-electron chi connectivity index (χ1n) is 3.93. The molecule has 0 aromatic carbocycles. The fourth-order valence-corrected chi connectivity index (χ4v) is 0.820. The Bertz CT molecular complexity index is 241. The van der Waals surface area contributed by atoms with Crippen molar-refractivity contribution in [3.05, 3.63) is 0 Å². The van der Waals surface area contributed by atoms with Gasteiger partial charge in [0.1, 0.15) is 12.6 Å². The van der Waals surface area contributed by atoms with Crippen LogP contribution in [-0.2, 0) is 14.3 Å². The van der Waals surface area contributed by atoms with Gasteiger partial charge in [0.15, 0.2) is 0 Å². The van der Waals surface area contributed by atoms with Gasteiger partial charge in [-0.2, -0.15) is 0 Å². The van der Waals surface area contributed by atoms with Gasteiger partial charge in [-0.05, 0) is 6.42 Å². The number of aliphatic carboxylic acids is 1. The maximum atomic E-state index is 11.1. The van der Waals surface area contributed by atoms with Crippen LogP contribution in [-0.4, -0.2) is 33.5 Å². The van der Waals surface area contributed by atoms with Crippen LogP contribution in [0, 0.1) is 0 Å². The quantitative estimate of drug-likeness (QED) is 0.580. The van der Waals surface area contributed by atoms with Gasteiger partial charge in [0.25, 0.3) is 0 Å². The molecule has 1 unspecified atom stereocenters. The summed E-state index contributed by atoms with van der Waals surface area (Å²) in [5, 5.41) is 8.33. The van der Waals surface area contributed by atoms with E-state index < -0.39 is 28.4 Å². The normalized spacial score (nSPS) is 13.3. The highest BCUT2D eigenvalue weighted by Gasteiger charge is 2.24. The third-order valence-corrected chi connectivity index (χ3v) is 1.68. The van der Waals surface area contributed by atoms with Crippen molar-refractivity contribution >= 4 is 46.7 Å². The van der Waals surface area contributed by atoms with Crippen molar-refractivity contribution in [2.45, 2.75) is 22.7 Å². The monoisotopic (exact) mass is 277 g/mol. The van der Waals surface area contributed by atoms with E-state index in [-0.39, 0.29) is 12.8 Å². The average Bonchev–Trinajstić information content (AvgIpc) is 2.08. The van der Waals surface area contributed by atoms with Crippen LogP contribution in [0.2, 0.25) is 0 Å². The van der Waals surface area contributed by atoms with Crippen molar-refractivity contribution in [2.24, 2.45) is 5.73 Å². The Kier molecular flexibility index (Phi) is 6.28. The maximum Gasteiger partial charge on any atom is 0.323 e. The van der Waals surface area contributed by atoms with Gasteiger partial charge in [0.05, 0.1) is 0 Å². The van der Waals surface area contributed by atoms with Crippen LogP contribution in [0.5, 0.6) is 0 Å². The Hall–Kier alpha value is -0.230. The minimum Gasteiger partial charge on any atom is -0.481 e. The largest absolute Gasteiger partial charge is 0.481 e. The van der Waals surface area contributed by atoms with E-state index in [0.717, 1.165) is 0 Å². The summed E-state index contributed by atoms with van der Waals surface area (Å²) in [5.41, 5.74) is 5.33. The Morgan fingerprint density at radius 3 is 2.33 bits per heavy atom. The standard InChI is InChI=1S/C7H10Cl3NO4/c8-7(9,10)3-15-6(14)4(11)1-2-5(12)13/h4H,1-3,11H2,(H,12,13). The van der Waals surface area contributed by atoms with Crippen LogP contribution in [0.15, 0.2) is 0 Å². The summed E-state index contributed by atoms with van der Waals surface area (Å²) in [6.07, 6.45) is -0.238. The summed E-state index contributed by atoms with van der Waals surface area (Å²) in [4.78, 5) is 21.3.